The molecule has 4 rings (SSSR count). The summed E-state index contributed by atoms with van der Waals surface area (Å²) >= 11 is 0. The van der Waals surface area contributed by atoms with Crippen molar-refractivity contribution in [2.45, 2.75) is 44.1 Å². The lowest BCUT2D eigenvalue weighted by atomic mass is 9.85. The predicted octanol–water partition coefficient (Wildman–Crippen LogP) is 1.23. The molecule has 5 nitrogen and oxygen atoms in total. The van der Waals surface area contributed by atoms with Crippen molar-refractivity contribution < 1.29 is 0 Å². The van der Waals surface area contributed by atoms with Gasteiger partial charge in [-0.3, -0.25) is 4.79 Å². The molecule has 2 atom stereocenters. The maximum absolute atomic E-state index is 11.8. The molecule has 1 aromatic rings. The summed E-state index contributed by atoms with van der Waals surface area (Å²) in [6.45, 7) is 3.21. The van der Waals surface area contributed by atoms with E-state index in [1.807, 2.05) is 0 Å². The fraction of sp³-hybridized carbons (Fsp3) is 0.733. The highest BCUT2D eigenvalue weighted by Crippen LogP contribution is 2.38. The minimum atomic E-state index is 0.000734. The number of aromatic amines is 1. The number of nitrogens with zero attached hydrogens (tertiary/aromatic N) is 2. The Morgan fingerprint density at radius 3 is 3.00 bits per heavy atom. The molecular formula is C15H22N4O. The second kappa shape index (κ2) is 4.88. The molecule has 3 aliphatic rings. The van der Waals surface area contributed by atoms with Crippen LogP contribution in [-0.2, 0) is 0 Å². The molecule has 2 unspecified atom stereocenters. The summed E-state index contributed by atoms with van der Waals surface area (Å²) in [4.78, 5) is 21.8. The first kappa shape index (κ1) is 12.4. The summed E-state index contributed by atoms with van der Waals surface area (Å²) < 4.78 is 0. The average molecular weight is 274 g/mol. The zero-order chi connectivity index (χ0) is 13.5. The van der Waals surface area contributed by atoms with E-state index < -0.39 is 0 Å². The minimum Gasteiger partial charge on any atom is -0.356 e. The number of nitrogens with one attached hydrogen (secondary N) is 2. The van der Waals surface area contributed by atoms with Crippen LogP contribution in [0.1, 0.15) is 43.8 Å². The lowest BCUT2D eigenvalue weighted by Gasteiger charge is -2.42. The maximum atomic E-state index is 11.8. The van der Waals surface area contributed by atoms with Gasteiger partial charge in [0.25, 0.3) is 5.56 Å². The van der Waals surface area contributed by atoms with E-state index in [0.29, 0.717) is 17.9 Å². The molecule has 0 radical (unpaired) electrons. The van der Waals surface area contributed by atoms with Gasteiger partial charge in [-0.15, -0.1) is 0 Å². The van der Waals surface area contributed by atoms with Gasteiger partial charge in [0, 0.05) is 31.1 Å². The van der Waals surface area contributed by atoms with Crippen LogP contribution in [0.5, 0.6) is 0 Å². The summed E-state index contributed by atoms with van der Waals surface area (Å²) in [6, 6.07) is 2.34. The van der Waals surface area contributed by atoms with Crippen LogP contribution in [0.3, 0.4) is 0 Å². The van der Waals surface area contributed by atoms with Gasteiger partial charge in [-0.05, 0) is 44.6 Å². The van der Waals surface area contributed by atoms with Crippen LogP contribution >= 0.6 is 0 Å². The first-order valence-corrected chi connectivity index (χ1v) is 7.89. The molecular weight excluding hydrogens is 252 g/mol. The Kier molecular flexibility index (Phi) is 3.02. The molecule has 1 aromatic heterocycles. The second-order valence-corrected chi connectivity index (χ2v) is 6.46. The van der Waals surface area contributed by atoms with Crippen LogP contribution in [0.15, 0.2) is 10.9 Å². The third-order valence-corrected chi connectivity index (χ3v) is 4.93. The van der Waals surface area contributed by atoms with Gasteiger partial charge in [-0.25, -0.2) is 4.98 Å². The van der Waals surface area contributed by atoms with Crippen molar-refractivity contribution in [3.05, 3.63) is 22.2 Å². The third-order valence-electron chi connectivity index (χ3n) is 4.93. The molecule has 2 aliphatic heterocycles. The molecule has 2 saturated heterocycles. The number of anilines is 1. The van der Waals surface area contributed by atoms with E-state index in [-0.39, 0.29) is 5.56 Å². The zero-order valence-corrected chi connectivity index (χ0v) is 11.8. The van der Waals surface area contributed by atoms with Gasteiger partial charge in [0.2, 0.25) is 0 Å². The Morgan fingerprint density at radius 1 is 1.25 bits per heavy atom. The monoisotopic (exact) mass is 274 g/mol. The number of rotatable bonds is 2. The molecule has 0 bridgehead atoms. The molecule has 0 amide bonds. The highest BCUT2D eigenvalue weighted by Gasteiger charge is 2.32. The van der Waals surface area contributed by atoms with Crippen molar-refractivity contribution in [3.8, 4) is 0 Å². The normalized spacial score (nSPS) is 30.1. The van der Waals surface area contributed by atoms with Crippen LogP contribution in [0.25, 0.3) is 0 Å². The van der Waals surface area contributed by atoms with Gasteiger partial charge in [0.1, 0.15) is 11.6 Å². The van der Waals surface area contributed by atoms with Crippen molar-refractivity contribution in [2.24, 2.45) is 5.92 Å². The lowest BCUT2D eigenvalue weighted by Crippen LogP contribution is -2.52. The minimum absolute atomic E-state index is 0.000734. The van der Waals surface area contributed by atoms with Crippen LogP contribution in [-0.4, -0.2) is 35.6 Å². The van der Waals surface area contributed by atoms with Gasteiger partial charge in [0.05, 0.1) is 0 Å². The Hall–Kier alpha value is -1.36. The molecule has 3 fully saturated rings. The van der Waals surface area contributed by atoms with Crippen LogP contribution in [0.2, 0.25) is 0 Å². The van der Waals surface area contributed by atoms with Crippen LogP contribution < -0.4 is 15.8 Å². The van der Waals surface area contributed by atoms with E-state index in [1.54, 1.807) is 6.07 Å². The maximum Gasteiger partial charge on any atom is 0.252 e. The summed E-state index contributed by atoms with van der Waals surface area (Å²) in [5, 5.41) is 3.63. The number of H-pyrrole nitrogens is 1. The molecule has 20 heavy (non-hydrogen) atoms. The number of hydrogen-bond acceptors (Lipinski definition) is 4. The molecule has 2 N–H and O–H groups in total. The van der Waals surface area contributed by atoms with Crippen molar-refractivity contribution in [1.29, 1.82) is 0 Å². The zero-order valence-electron chi connectivity index (χ0n) is 11.8. The smallest absolute Gasteiger partial charge is 0.252 e. The van der Waals surface area contributed by atoms with E-state index in [1.165, 1.54) is 25.7 Å². The van der Waals surface area contributed by atoms with Crippen LogP contribution in [0, 0.1) is 5.92 Å². The summed E-state index contributed by atoms with van der Waals surface area (Å²) in [7, 11) is 0. The molecule has 0 spiro atoms. The predicted molar refractivity (Wildman–Crippen MR) is 78.2 cm³/mol. The van der Waals surface area contributed by atoms with Gasteiger partial charge in [-0.2, -0.15) is 0 Å². The van der Waals surface area contributed by atoms with E-state index in [0.717, 1.165) is 37.7 Å². The first-order chi connectivity index (χ1) is 9.79. The highest BCUT2D eigenvalue weighted by atomic mass is 16.1. The Labute approximate surface area is 118 Å². The SMILES string of the molecule is O=c1cc(N2CCC3NCCCC3C2)nc(C2CC2)[nH]1. The molecule has 5 heteroatoms. The van der Waals surface area contributed by atoms with E-state index >= 15 is 0 Å². The van der Waals surface area contributed by atoms with E-state index in [9.17, 15) is 4.79 Å². The van der Waals surface area contributed by atoms with E-state index in [4.69, 9.17) is 4.98 Å². The van der Waals surface area contributed by atoms with Crippen molar-refractivity contribution >= 4 is 5.82 Å². The van der Waals surface area contributed by atoms with Crippen LogP contribution in [0.4, 0.5) is 5.82 Å². The molecule has 1 saturated carbocycles. The number of hydrogen-bond donors (Lipinski definition) is 2. The Bertz CT molecular complexity index is 551. The average Bonchev–Trinajstić information content (AvgIpc) is 3.31. The van der Waals surface area contributed by atoms with E-state index in [2.05, 4.69) is 15.2 Å². The lowest BCUT2D eigenvalue weighted by molar-refractivity contribution is 0.244. The summed E-state index contributed by atoms with van der Waals surface area (Å²) in [5.74, 6) is 3.00. The van der Waals surface area contributed by atoms with Gasteiger partial charge in [0.15, 0.2) is 0 Å². The van der Waals surface area contributed by atoms with Crippen molar-refractivity contribution in [2.75, 3.05) is 24.5 Å². The van der Waals surface area contributed by atoms with Crippen molar-refractivity contribution in [3.63, 3.8) is 0 Å². The number of aromatic nitrogens is 2. The second-order valence-electron chi connectivity index (χ2n) is 6.46. The number of fused-ring (bicyclic) bond motifs is 1. The molecule has 1 aliphatic carbocycles. The Balaban J connectivity index is 1.56. The largest absolute Gasteiger partial charge is 0.356 e. The summed E-state index contributed by atoms with van der Waals surface area (Å²) in [6.07, 6.45) is 6.07. The fourth-order valence-electron chi connectivity index (χ4n) is 3.63. The third kappa shape index (κ3) is 2.35. The molecule has 3 heterocycles. The highest BCUT2D eigenvalue weighted by molar-refractivity contribution is 5.39. The summed E-state index contributed by atoms with van der Waals surface area (Å²) in [5.41, 5.74) is 0.000734. The first-order valence-electron chi connectivity index (χ1n) is 7.89. The number of piperidine rings is 2. The van der Waals surface area contributed by atoms with Crippen molar-refractivity contribution in [1.82, 2.24) is 15.3 Å². The van der Waals surface area contributed by atoms with Gasteiger partial charge < -0.3 is 15.2 Å². The molecule has 108 valence electrons. The molecule has 0 aromatic carbocycles. The quantitative estimate of drug-likeness (QED) is 0.851. The standard InChI is InChI=1S/C15H22N4O/c20-14-8-13(17-15(18-14)10-3-4-10)19-7-5-12-11(9-19)2-1-6-16-12/h8,10-12,16H,1-7,9H2,(H,17,18,20). The van der Waals surface area contributed by atoms with Gasteiger partial charge in [-0.1, -0.05) is 0 Å². The van der Waals surface area contributed by atoms with Gasteiger partial charge >= 0.3 is 0 Å². The fourth-order valence-corrected chi connectivity index (χ4v) is 3.63. The Morgan fingerprint density at radius 2 is 2.15 bits per heavy atom. The topological polar surface area (TPSA) is 61.0 Å².